The molecule has 4 amide bonds. The quantitative estimate of drug-likeness (QED) is 0.119. The third kappa shape index (κ3) is 8.73. The van der Waals surface area contributed by atoms with E-state index in [2.05, 4.69) is 78.0 Å². The van der Waals surface area contributed by atoms with Crippen LogP contribution in [0.4, 0.5) is 9.59 Å². The number of carbonyl (C=O) groups excluding carboxylic acids is 4. The van der Waals surface area contributed by atoms with Gasteiger partial charge in [0.15, 0.2) is 5.58 Å². The van der Waals surface area contributed by atoms with Crippen molar-refractivity contribution in [1.82, 2.24) is 35.4 Å². The minimum atomic E-state index is -0.729. The highest BCUT2D eigenvalue weighted by Crippen LogP contribution is 2.39. The topological polar surface area (TPSA) is 172 Å². The second-order valence-electron chi connectivity index (χ2n) is 17.0. The number of H-pyrrole nitrogens is 1. The maximum Gasteiger partial charge on any atom is 0.407 e. The first-order valence-electron chi connectivity index (χ1n) is 20.7. The number of fused-ring (bicyclic) bond motifs is 1. The molecule has 4 heterocycles. The van der Waals surface area contributed by atoms with Gasteiger partial charge in [-0.2, -0.15) is 0 Å². The van der Waals surface area contributed by atoms with Crippen molar-refractivity contribution in [1.29, 1.82) is 0 Å². The number of hydrogen-bond donors (Lipinski definition) is 3. The minimum absolute atomic E-state index is 0.116. The van der Waals surface area contributed by atoms with Gasteiger partial charge in [0, 0.05) is 13.1 Å². The second kappa shape index (κ2) is 17.6. The molecule has 0 spiro atoms. The number of nitrogens with one attached hydrogen (secondary N) is 3. The van der Waals surface area contributed by atoms with Gasteiger partial charge >= 0.3 is 12.2 Å². The number of likely N-dealkylation sites (tertiary alicyclic amines) is 2. The van der Waals surface area contributed by atoms with Crippen molar-refractivity contribution < 1.29 is 33.1 Å². The molecule has 316 valence electrons. The Hall–Kier alpha value is -6.18. The summed E-state index contributed by atoms with van der Waals surface area (Å²) in [5, 5.41) is 5.41. The lowest BCUT2D eigenvalue weighted by atomic mass is 9.99. The summed E-state index contributed by atoms with van der Waals surface area (Å²) in [7, 11) is 2.58. The van der Waals surface area contributed by atoms with Crippen LogP contribution in [0.2, 0.25) is 0 Å². The molecule has 14 nitrogen and oxygen atoms in total. The Morgan fingerprint density at radius 2 is 1.17 bits per heavy atom. The van der Waals surface area contributed by atoms with E-state index in [0.717, 1.165) is 45.8 Å². The molecule has 0 aliphatic carbocycles. The van der Waals surface area contributed by atoms with E-state index in [9.17, 15) is 19.2 Å². The number of aromatic nitrogens is 3. The number of imidazole rings is 1. The number of nitrogens with zero attached hydrogens (tertiary/aromatic N) is 4. The van der Waals surface area contributed by atoms with Gasteiger partial charge in [-0.15, -0.1) is 0 Å². The molecule has 2 saturated heterocycles. The smallest absolute Gasteiger partial charge is 0.407 e. The van der Waals surface area contributed by atoms with Crippen molar-refractivity contribution in [2.24, 2.45) is 23.7 Å². The zero-order valence-electron chi connectivity index (χ0n) is 35.5. The Labute approximate surface area is 350 Å². The number of oxazole rings is 1. The van der Waals surface area contributed by atoms with Crippen molar-refractivity contribution in [3.8, 4) is 33.5 Å². The van der Waals surface area contributed by atoms with Crippen LogP contribution in [0.25, 0.3) is 44.6 Å². The van der Waals surface area contributed by atoms with Gasteiger partial charge in [-0.1, -0.05) is 96.1 Å². The van der Waals surface area contributed by atoms with Crippen LogP contribution in [-0.4, -0.2) is 88.1 Å². The predicted molar refractivity (Wildman–Crippen MR) is 227 cm³/mol. The molecule has 3 N–H and O–H groups in total. The first kappa shape index (κ1) is 42.0. The highest BCUT2D eigenvalue weighted by Gasteiger charge is 2.42. The molecule has 2 aliphatic heterocycles. The van der Waals surface area contributed by atoms with Crippen LogP contribution in [0.5, 0.6) is 0 Å². The van der Waals surface area contributed by atoms with Crippen molar-refractivity contribution in [3.05, 3.63) is 84.6 Å². The third-order valence-electron chi connectivity index (χ3n) is 11.7. The predicted octanol–water partition coefficient (Wildman–Crippen LogP) is 8.13. The lowest BCUT2D eigenvalue weighted by Crippen LogP contribution is -2.51. The van der Waals surface area contributed by atoms with Crippen LogP contribution < -0.4 is 10.6 Å². The van der Waals surface area contributed by atoms with Crippen molar-refractivity contribution in [2.45, 2.75) is 78.6 Å². The summed E-state index contributed by atoms with van der Waals surface area (Å²) in [5.74, 6) is 1.15. The molecule has 3 aromatic carbocycles. The number of carbonyl (C=O) groups is 4. The fraction of sp³-hybridized carbons (Fsp3) is 0.435. The number of ether oxygens (including phenoxy) is 2. The standard InChI is InChI=1S/C46H55N7O7/c1-25(2)39(50-45(56)58-7)43(54)52-23-27(5)19-36(52)41-47-22-35(48-41)32-15-13-30(14-16-32)29-9-11-31(12-10-29)33-17-18-38-34(21-33)49-42(60-38)37-20-28(6)24-53(37)44(55)40(26(3)4)51-46(57)59-8/h9-18,21-22,25-28,36-37,39-40H,19-20,23-24H2,1-8H3,(H,47,48)(H,50,56)(H,51,57)/t27-,28-,36-,37-,39-,40-/m0/s1. The summed E-state index contributed by atoms with van der Waals surface area (Å²) < 4.78 is 15.8. The van der Waals surface area contributed by atoms with Crippen LogP contribution in [0, 0.1) is 23.7 Å². The molecule has 0 bridgehead atoms. The van der Waals surface area contributed by atoms with Gasteiger partial charge in [-0.3, -0.25) is 9.59 Å². The van der Waals surface area contributed by atoms with Gasteiger partial charge in [-0.05, 0) is 76.5 Å². The molecular formula is C46H55N7O7. The van der Waals surface area contributed by atoms with Gasteiger partial charge in [0.25, 0.3) is 0 Å². The second-order valence-corrected chi connectivity index (χ2v) is 17.0. The third-order valence-corrected chi connectivity index (χ3v) is 11.7. The van der Waals surface area contributed by atoms with E-state index in [1.165, 1.54) is 14.2 Å². The Morgan fingerprint density at radius 1 is 0.700 bits per heavy atom. The van der Waals surface area contributed by atoms with Crippen LogP contribution >= 0.6 is 0 Å². The van der Waals surface area contributed by atoms with E-state index in [4.69, 9.17) is 23.9 Å². The normalized spacial score (nSPS) is 20.1. The number of methoxy groups -OCH3 is 2. The molecule has 2 aromatic heterocycles. The highest BCUT2D eigenvalue weighted by molar-refractivity contribution is 5.88. The van der Waals surface area contributed by atoms with E-state index in [0.29, 0.717) is 36.5 Å². The Morgan fingerprint density at radius 3 is 1.68 bits per heavy atom. The van der Waals surface area contributed by atoms with Gasteiger partial charge < -0.3 is 39.3 Å². The zero-order valence-corrected chi connectivity index (χ0v) is 35.5. The van der Waals surface area contributed by atoms with Gasteiger partial charge in [0.2, 0.25) is 17.7 Å². The molecule has 0 radical (unpaired) electrons. The van der Waals surface area contributed by atoms with E-state index in [1.54, 1.807) is 4.90 Å². The van der Waals surface area contributed by atoms with Crippen LogP contribution in [0.1, 0.15) is 78.2 Å². The molecule has 7 rings (SSSR count). The molecule has 14 heteroatoms. The first-order chi connectivity index (χ1) is 28.7. The molecule has 0 unspecified atom stereocenters. The molecule has 2 aliphatic rings. The Balaban J connectivity index is 1.03. The Kier molecular flexibility index (Phi) is 12.3. The maximum atomic E-state index is 13.7. The van der Waals surface area contributed by atoms with Crippen molar-refractivity contribution in [2.75, 3.05) is 27.3 Å². The van der Waals surface area contributed by atoms with E-state index >= 15 is 0 Å². The average molecular weight is 818 g/mol. The summed E-state index contributed by atoms with van der Waals surface area (Å²) in [6.07, 6.45) is 2.01. The number of benzene rings is 3. The number of rotatable bonds is 11. The molecule has 2 fully saturated rings. The van der Waals surface area contributed by atoms with E-state index in [1.807, 2.05) is 57.0 Å². The highest BCUT2D eigenvalue weighted by atomic mass is 16.5. The lowest BCUT2D eigenvalue weighted by Gasteiger charge is -2.30. The summed E-state index contributed by atoms with van der Waals surface area (Å²) in [6, 6.07) is 20.6. The zero-order chi connectivity index (χ0) is 42.8. The Bertz CT molecular complexity index is 2330. The summed E-state index contributed by atoms with van der Waals surface area (Å²) in [6.45, 7) is 12.9. The molecule has 5 aromatic rings. The summed E-state index contributed by atoms with van der Waals surface area (Å²) in [4.78, 5) is 68.2. The van der Waals surface area contributed by atoms with Gasteiger partial charge in [-0.25, -0.2) is 19.6 Å². The number of alkyl carbamates (subject to hydrolysis) is 2. The monoisotopic (exact) mass is 817 g/mol. The number of amides is 4. The van der Waals surface area contributed by atoms with E-state index in [-0.39, 0.29) is 47.6 Å². The van der Waals surface area contributed by atoms with Crippen molar-refractivity contribution in [3.63, 3.8) is 0 Å². The SMILES string of the molecule is COC(=O)N[C@H](C(=O)N1C[C@@H](C)C[C@H]1c1ncc(-c2ccc(-c3ccc(-c4ccc5oc([C@@H]6C[C@H](C)CN6C(=O)[C@@H](NC(=O)OC)C(C)C)nc5c4)cc3)cc2)[nH]1)C(C)C. The molecule has 60 heavy (non-hydrogen) atoms. The molecule has 6 atom stereocenters. The average Bonchev–Trinajstić information content (AvgIpc) is 4.06. The number of hydrogen-bond acceptors (Lipinski definition) is 9. The fourth-order valence-electron chi connectivity index (χ4n) is 8.45. The summed E-state index contributed by atoms with van der Waals surface area (Å²) in [5.41, 5.74) is 7.33. The van der Waals surface area contributed by atoms with Gasteiger partial charge in [0.05, 0.1) is 32.2 Å². The molecular weight excluding hydrogens is 763 g/mol. The van der Waals surface area contributed by atoms with Crippen LogP contribution in [0.3, 0.4) is 0 Å². The summed E-state index contributed by atoms with van der Waals surface area (Å²) >= 11 is 0. The van der Waals surface area contributed by atoms with Gasteiger partial charge in [0.1, 0.15) is 29.5 Å². The van der Waals surface area contributed by atoms with E-state index < -0.39 is 24.3 Å². The minimum Gasteiger partial charge on any atom is -0.453 e. The largest absolute Gasteiger partial charge is 0.453 e. The van der Waals surface area contributed by atoms with Crippen LogP contribution in [0.15, 0.2) is 77.3 Å². The first-order valence-corrected chi connectivity index (χ1v) is 20.7. The lowest BCUT2D eigenvalue weighted by molar-refractivity contribution is -0.136. The molecule has 0 saturated carbocycles. The number of aromatic amines is 1. The van der Waals surface area contributed by atoms with Crippen LogP contribution in [-0.2, 0) is 19.1 Å². The fourth-order valence-corrected chi connectivity index (χ4v) is 8.45. The van der Waals surface area contributed by atoms with Crippen molar-refractivity contribution >= 4 is 35.1 Å². The maximum absolute atomic E-state index is 13.7.